The van der Waals surface area contributed by atoms with E-state index in [0.29, 0.717) is 5.56 Å². The number of hydrogen-bond acceptors (Lipinski definition) is 5. The molecule has 0 saturated carbocycles. The molecule has 2 heterocycles. The summed E-state index contributed by atoms with van der Waals surface area (Å²) in [6.45, 7) is 0.218. The van der Waals surface area contributed by atoms with Gasteiger partial charge in [-0.05, 0) is 23.8 Å². The van der Waals surface area contributed by atoms with Crippen LogP contribution in [0.1, 0.15) is 17.0 Å². The Hall–Kier alpha value is -3.17. The molecule has 10 heteroatoms. The number of carbonyl (C=O) groups is 2. The smallest absolute Gasteiger partial charge is 0.416 e. The van der Waals surface area contributed by atoms with E-state index in [1.165, 1.54) is 36.4 Å². The van der Waals surface area contributed by atoms with Crippen LogP contribution in [0.3, 0.4) is 0 Å². The first-order chi connectivity index (χ1) is 13.2. The molecule has 1 aliphatic heterocycles. The first kappa shape index (κ1) is 19.6. The van der Waals surface area contributed by atoms with E-state index in [4.69, 9.17) is 4.74 Å². The molecule has 2 aromatic rings. The molecule has 28 heavy (non-hydrogen) atoms. The minimum Gasteiger partial charge on any atom is -0.467 e. The highest BCUT2D eigenvalue weighted by atomic mass is 19.4. The number of nitrogens with zero attached hydrogens (tertiary/aromatic N) is 3. The van der Waals surface area contributed by atoms with Gasteiger partial charge in [0.15, 0.2) is 0 Å². The van der Waals surface area contributed by atoms with Crippen molar-refractivity contribution in [2.24, 2.45) is 5.92 Å². The van der Waals surface area contributed by atoms with Gasteiger partial charge in [-0.1, -0.05) is 12.1 Å². The Bertz CT molecular complexity index is 886. The maximum Gasteiger partial charge on any atom is 0.416 e. The quantitative estimate of drug-likeness (QED) is 0.805. The molecule has 1 aliphatic rings. The highest BCUT2D eigenvalue weighted by molar-refractivity contribution is 6.08. The second-order valence-electron chi connectivity index (χ2n) is 6.34. The SMILES string of the molecule is COc1nccc(NC(=O)[C@@H]2C(=O)N(C)C[C@H]2c2ccc(C(F)(F)F)cc2)n1. The highest BCUT2D eigenvalue weighted by Crippen LogP contribution is 2.36. The molecule has 0 aliphatic carbocycles. The number of likely N-dealkylation sites (tertiary alicyclic amines) is 1. The Morgan fingerprint density at radius 1 is 1.25 bits per heavy atom. The van der Waals surface area contributed by atoms with Crippen molar-refractivity contribution in [1.82, 2.24) is 14.9 Å². The number of alkyl halides is 3. The molecule has 7 nitrogen and oxygen atoms in total. The number of nitrogens with one attached hydrogen (secondary N) is 1. The summed E-state index contributed by atoms with van der Waals surface area (Å²) in [5, 5.41) is 2.55. The summed E-state index contributed by atoms with van der Waals surface area (Å²) in [6.07, 6.45) is -3.07. The van der Waals surface area contributed by atoms with Crippen LogP contribution >= 0.6 is 0 Å². The van der Waals surface area contributed by atoms with Crippen molar-refractivity contribution in [2.75, 3.05) is 26.0 Å². The van der Waals surface area contributed by atoms with Gasteiger partial charge < -0.3 is 15.0 Å². The lowest BCUT2D eigenvalue weighted by molar-refractivity contribution is -0.138. The van der Waals surface area contributed by atoms with Gasteiger partial charge in [-0.25, -0.2) is 4.98 Å². The largest absolute Gasteiger partial charge is 0.467 e. The van der Waals surface area contributed by atoms with Gasteiger partial charge >= 0.3 is 12.2 Å². The Labute approximate surface area is 158 Å². The monoisotopic (exact) mass is 394 g/mol. The van der Waals surface area contributed by atoms with Crippen molar-refractivity contribution in [2.45, 2.75) is 12.1 Å². The van der Waals surface area contributed by atoms with Gasteiger partial charge in [-0.3, -0.25) is 9.59 Å². The molecule has 1 N–H and O–H groups in total. The van der Waals surface area contributed by atoms with Gasteiger partial charge in [0.25, 0.3) is 0 Å². The van der Waals surface area contributed by atoms with E-state index < -0.39 is 35.4 Å². The fourth-order valence-corrected chi connectivity index (χ4v) is 3.12. The molecule has 3 rings (SSSR count). The summed E-state index contributed by atoms with van der Waals surface area (Å²) in [6, 6.07) is 5.98. The number of methoxy groups -OCH3 is 1. The summed E-state index contributed by atoms with van der Waals surface area (Å²) in [7, 11) is 2.91. The number of carbonyl (C=O) groups excluding carboxylic acids is 2. The Kier molecular flexibility index (Phi) is 5.21. The van der Waals surface area contributed by atoms with Crippen LogP contribution < -0.4 is 10.1 Å². The van der Waals surface area contributed by atoms with Crippen LogP contribution in [0.25, 0.3) is 0 Å². The number of aromatic nitrogens is 2. The average molecular weight is 394 g/mol. The van der Waals surface area contributed by atoms with Crippen LogP contribution in [0.5, 0.6) is 6.01 Å². The lowest BCUT2D eigenvalue weighted by Crippen LogP contribution is -2.33. The molecule has 0 bridgehead atoms. The van der Waals surface area contributed by atoms with Crippen LogP contribution in [-0.4, -0.2) is 47.4 Å². The summed E-state index contributed by atoms with van der Waals surface area (Å²) < 4.78 is 43.2. The zero-order valence-corrected chi connectivity index (χ0v) is 15.0. The molecular weight excluding hydrogens is 377 g/mol. The summed E-state index contributed by atoms with van der Waals surface area (Å²) in [4.78, 5) is 34.4. The summed E-state index contributed by atoms with van der Waals surface area (Å²) in [5.74, 6) is -2.51. The summed E-state index contributed by atoms with van der Waals surface area (Å²) >= 11 is 0. The number of halogens is 3. The predicted octanol–water partition coefficient (Wildman–Crippen LogP) is 2.31. The second kappa shape index (κ2) is 7.45. The zero-order valence-electron chi connectivity index (χ0n) is 15.0. The van der Waals surface area contributed by atoms with Gasteiger partial charge in [0.1, 0.15) is 11.7 Å². The van der Waals surface area contributed by atoms with Crippen LogP contribution in [-0.2, 0) is 15.8 Å². The third kappa shape index (κ3) is 3.90. The molecule has 0 spiro atoms. The van der Waals surface area contributed by atoms with Crippen molar-refractivity contribution in [3.05, 3.63) is 47.7 Å². The summed E-state index contributed by atoms with van der Waals surface area (Å²) in [5.41, 5.74) is -0.311. The van der Waals surface area contributed by atoms with Crippen molar-refractivity contribution in [3.63, 3.8) is 0 Å². The maximum atomic E-state index is 12.8. The number of likely N-dealkylation sites (N-methyl/N-ethyl adjacent to an activating group) is 1. The normalized spacial score (nSPS) is 19.6. The van der Waals surface area contributed by atoms with E-state index in [9.17, 15) is 22.8 Å². The number of hydrogen-bond donors (Lipinski definition) is 1. The second-order valence-corrected chi connectivity index (χ2v) is 6.34. The maximum absolute atomic E-state index is 12.8. The van der Waals surface area contributed by atoms with Gasteiger partial charge in [-0.2, -0.15) is 18.2 Å². The molecule has 1 saturated heterocycles. The molecule has 0 radical (unpaired) electrons. The molecule has 2 atom stereocenters. The Morgan fingerprint density at radius 2 is 1.93 bits per heavy atom. The topological polar surface area (TPSA) is 84.4 Å². The van der Waals surface area contributed by atoms with E-state index in [2.05, 4.69) is 15.3 Å². The zero-order chi connectivity index (χ0) is 20.5. The molecule has 2 amide bonds. The van der Waals surface area contributed by atoms with Crippen molar-refractivity contribution < 1.29 is 27.5 Å². The first-order valence-corrected chi connectivity index (χ1v) is 8.30. The number of anilines is 1. The number of amides is 2. The first-order valence-electron chi connectivity index (χ1n) is 8.30. The fourth-order valence-electron chi connectivity index (χ4n) is 3.12. The van der Waals surface area contributed by atoms with E-state index in [-0.39, 0.29) is 18.4 Å². The standard InChI is InChI=1S/C18H17F3N4O3/c1-25-9-12(10-3-5-11(6-4-10)18(19,20)21)14(16(25)27)15(26)23-13-7-8-22-17(24-13)28-2/h3-8,12,14H,9H2,1-2H3,(H,22,23,24,26)/t12-,14+/m0/s1. The van der Waals surface area contributed by atoms with Crippen LogP contribution in [0, 0.1) is 5.92 Å². The Morgan fingerprint density at radius 3 is 2.54 bits per heavy atom. The number of benzene rings is 1. The van der Waals surface area contributed by atoms with Gasteiger partial charge in [0.2, 0.25) is 11.8 Å². The fraction of sp³-hybridized carbons (Fsp3) is 0.333. The van der Waals surface area contributed by atoms with Crippen molar-refractivity contribution in [1.29, 1.82) is 0 Å². The van der Waals surface area contributed by atoms with Crippen LogP contribution in [0.15, 0.2) is 36.5 Å². The minimum atomic E-state index is -4.45. The molecular formula is C18H17F3N4O3. The predicted molar refractivity (Wildman–Crippen MR) is 92.5 cm³/mol. The number of ether oxygens (including phenoxy) is 1. The minimum absolute atomic E-state index is 0.0481. The van der Waals surface area contributed by atoms with E-state index in [1.54, 1.807) is 7.05 Å². The van der Waals surface area contributed by atoms with Crippen LogP contribution in [0.4, 0.5) is 19.0 Å². The van der Waals surface area contributed by atoms with E-state index in [1.807, 2.05) is 0 Å². The molecule has 0 unspecified atom stereocenters. The van der Waals surface area contributed by atoms with Gasteiger partial charge in [-0.15, -0.1) is 0 Å². The van der Waals surface area contributed by atoms with E-state index in [0.717, 1.165) is 12.1 Å². The highest BCUT2D eigenvalue weighted by Gasteiger charge is 2.44. The number of rotatable bonds is 4. The van der Waals surface area contributed by atoms with Crippen LogP contribution in [0.2, 0.25) is 0 Å². The lowest BCUT2D eigenvalue weighted by Gasteiger charge is -2.17. The molecule has 1 aromatic carbocycles. The third-order valence-electron chi connectivity index (χ3n) is 4.53. The van der Waals surface area contributed by atoms with Crippen molar-refractivity contribution in [3.8, 4) is 6.01 Å². The molecule has 1 aromatic heterocycles. The van der Waals surface area contributed by atoms with Gasteiger partial charge in [0.05, 0.1) is 12.7 Å². The van der Waals surface area contributed by atoms with E-state index >= 15 is 0 Å². The Balaban J connectivity index is 1.84. The van der Waals surface area contributed by atoms with Crippen molar-refractivity contribution >= 4 is 17.6 Å². The third-order valence-corrected chi connectivity index (χ3v) is 4.53. The average Bonchev–Trinajstić information content (AvgIpc) is 2.96. The van der Waals surface area contributed by atoms with Gasteiger partial charge in [0, 0.05) is 25.7 Å². The molecule has 148 valence electrons. The molecule has 1 fully saturated rings. The lowest BCUT2D eigenvalue weighted by atomic mass is 9.87.